The molecule has 1 saturated heterocycles. The molecule has 2 aliphatic heterocycles. The average molecular weight is 446 g/mol. The zero-order valence-electron chi connectivity index (χ0n) is 17.9. The van der Waals surface area contributed by atoms with Crippen LogP contribution in [0.5, 0.6) is 5.75 Å². The lowest BCUT2D eigenvalue weighted by Gasteiger charge is -2.44. The van der Waals surface area contributed by atoms with Crippen LogP contribution >= 0.6 is 0 Å². The van der Waals surface area contributed by atoms with Gasteiger partial charge in [-0.05, 0) is 18.9 Å². The van der Waals surface area contributed by atoms with Crippen molar-refractivity contribution in [3.63, 3.8) is 0 Å². The van der Waals surface area contributed by atoms with E-state index in [0.29, 0.717) is 19.2 Å². The molecule has 2 amide bonds. The van der Waals surface area contributed by atoms with Gasteiger partial charge in [0.25, 0.3) is 11.8 Å². The smallest absolute Gasteiger partial charge is 0.278 e. The summed E-state index contributed by atoms with van der Waals surface area (Å²) in [6.07, 6.45) is 0.970. The van der Waals surface area contributed by atoms with E-state index < -0.39 is 34.6 Å². The molecule has 32 heavy (non-hydrogen) atoms. The number of fused-ring (bicyclic) bond motifs is 3. The molecule has 2 unspecified atom stereocenters. The number of rotatable bonds is 4. The molecule has 1 aromatic heterocycles. The van der Waals surface area contributed by atoms with Gasteiger partial charge >= 0.3 is 0 Å². The number of hydrogen-bond acceptors (Lipinski definition) is 5. The van der Waals surface area contributed by atoms with Gasteiger partial charge in [-0.25, -0.2) is 8.78 Å². The van der Waals surface area contributed by atoms with E-state index in [4.69, 9.17) is 0 Å². The van der Waals surface area contributed by atoms with Gasteiger partial charge in [0.2, 0.25) is 5.43 Å². The van der Waals surface area contributed by atoms with Gasteiger partial charge in [-0.3, -0.25) is 24.1 Å². The van der Waals surface area contributed by atoms with E-state index in [1.165, 1.54) is 16.9 Å². The highest BCUT2D eigenvalue weighted by Crippen LogP contribution is 2.36. The summed E-state index contributed by atoms with van der Waals surface area (Å²) in [5.74, 6) is -3.34. The Morgan fingerprint density at radius 1 is 1.25 bits per heavy atom. The number of hydrogen-bond donors (Lipinski definition) is 2. The minimum Gasteiger partial charge on any atom is -0.502 e. The largest absolute Gasteiger partial charge is 0.502 e. The van der Waals surface area contributed by atoms with Gasteiger partial charge in [-0.1, -0.05) is 19.9 Å². The van der Waals surface area contributed by atoms with Crippen LogP contribution in [0.1, 0.15) is 47.2 Å². The van der Waals surface area contributed by atoms with Crippen molar-refractivity contribution >= 4 is 11.8 Å². The Morgan fingerprint density at radius 3 is 2.62 bits per heavy atom. The average Bonchev–Trinajstić information content (AvgIpc) is 3.04. The van der Waals surface area contributed by atoms with E-state index in [1.54, 1.807) is 4.90 Å². The number of benzene rings is 1. The summed E-state index contributed by atoms with van der Waals surface area (Å²) in [4.78, 5) is 40.2. The molecule has 10 heteroatoms. The van der Waals surface area contributed by atoms with Crippen LogP contribution in [0, 0.1) is 23.5 Å². The number of nitrogens with zero attached hydrogens (tertiary/aromatic N) is 3. The Labute approximate surface area is 183 Å². The molecule has 8 nitrogen and oxygen atoms in total. The molecule has 0 spiro atoms. The monoisotopic (exact) mass is 446 g/mol. The third-order valence-electron chi connectivity index (χ3n) is 6.41. The Hall–Kier alpha value is -3.43. The molecule has 1 fully saturated rings. The van der Waals surface area contributed by atoms with E-state index in [9.17, 15) is 28.3 Å². The van der Waals surface area contributed by atoms with Crippen molar-refractivity contribution < 1.29 is 23.5 Å². The van der Waals surface area contributed by atoms with Crippen LogP contribution in [0.25, 0.3) is 0 Å². The minimum atomic E-state index is -0.989. The Balaban J connectivity index is 1.71. The van der Waals surface area contributed by atoms with Crippen LogP contribution in [0.3, 0.4) is 0 Å². The number of amides is 2. The number of carbonyl (C=O) groups is 2. The zero-order valence-corrected chi connectivity index (χ0v) is 17.9. The predicted octanol–water partition coefficient (Wildman–Crippen LogP) is 1.79. The highest BCUT2D eigenvalue weighted by molar-refractivity contribution is 5.99. The summed E-state index contributed by atoms with van der Waals surface area (Å²) >= 11 is 0. The number of carbonyl (C=O) groups excluding carboxylic acids is 2. The minimum absolute atomic E-state index is 0.0399. The van der Waals surface area contributed by atoms with Crippen molar-refractivity contribution in [1.82, 2.24) is 14.9 Å². The second kappa shape index (κ2) is 7.92. The highest BCUT2D eigenvalue weighted by atomic mass is 19.1. The third kappa shape index (κ3) is 3.30. The second-order valence-electron chi connectivity index (χ2n) is 8.30. The van der Waals surface area contributed by atoms with Crippen LogP contribution in [-0.4, -0.2) is 45.8 Å². The summed E-state index contributed by atoms with van der Waals surface area (Å²) in [5.41, 5.74) is -1.51. The molecule has 0 saturated carbocycles. The third-order valence-corrected chi connectivity index (χ3v) is 6.41. The van der Waals surface area contributed by atoms with E-state index >= 15 is 0 Å². The molecule has 0 aliphatic carbocycles. The number of halogens is 2. The van der Waals surface area contributed by atoms with Crippen molar-refractivity contribution in [2.75, 3.05) is 18.1 Å². The van der Waals surface area contributed by atoms with Crippen molar-refractivity contribution in [3.8, 4) is 5.75 Å². The van der Waals surface area contributed by atoms with E-state index in [1.807, 2.05) is 25.8 Å². The van der Waals surface area contributed by atoms with Crippen molar-refractivity contribution in [1.29, 1.82) is 0 Å². The fourth-order valence-electron chi connectivity index (χ4n) is 4.47. The molecule has 2 N–H and O–H groups in total. The van der Waals surface area contributed by atoms with Crippen molar-refractivity contribution in [2.45, 2.75) is 33.5 Å². The maximum atomic E-state index is 13.9. The first-order valence-corrected chi connectivity index (χ1v) is 10.4. The van der Waals surface area contributed by atoms with Crippen LogP contribution in [0.4, 0.5) is 8.78 Å². The summed E-state index contributed by atoms with van der Waals surface area (Å²) in [6.45, 7) is 6.59. The fourth-order valence-corrected chi connectivity index (χ4v) is 4.47. The molecule has 0 bridgehead atoms. The first-order valence-electron chi connectivity index (χ1n) is 10.4. The standard InChI is InChI=1S/C22H24F2N4O4/c1-4-26-21-12(3)11(2)9-28(21)27-10-15(18(29)19(30)17(27)22(26)32)20(31)25-8-13-5-6-14(23)7-16(13)24/h5-7,10-12,21,30H,4,8-9H2,1-3H3,(H,25,31)/t11?,12?,21-/m0/s1. The summed E-state index contributed by atoms with van der Waals surface area (Å²) in [6, 6.07) is 2.95. The van der Waals surface area contributed by atoms with E-state index in [-0.39, 0.29) is 41.4 Å². The number of pyridine rings is 1. The number of aromatic hydroxyl groups is 1. The van der Waals surface area contributed by atoms with Crippen LogP contribution in [0.2, 0.25) is 0 Å². The Kier molecular flexibility index (Phi) is 5.39. The lowest BCUT2D eigenvalue weighted by molar-refractivity contribution is 0.0549. The quantitative estimate of drug-likeness (QED) is 0.747. The maximum absolute atomic E-state index is 13.9. The zero-order chi connectivity index (χ0) is 23.3. The van der Waals surface area contributed by atoms with Crippen LogP contribution < -0.4 is 15.8 Å². The molecule has 0 radical (unpaired) electrons. The normalized spacial score (nSPS) is 22.0. The first-order chi connectivity index (χ1) is 15.1. The molecule has 1 aromatic carbocycles. The van der Waals surface area contributed by atoms with Gasteiger partial charge in [0.15, 0.2) is 11.4 Å². The molecule has 170 valence electrons. The SMILES string of the molecule is CCN1C(=O)c2c(O)c(=O)c(C(=O)NCc3ccc(F)cc3F)cn2N2CC(C)C(C)[C@@H]12. The molecular formula is C22H24F2N4O4. The van der Waals surface area contributed by atoms with Crippen molar-refractivity contribution in [3.05, 3.63) is 63.1 Å². The Morgan fingerprint density at radius 2 is 1.97 bits per heavy atom. The first kappa shape index (κ1) is 21.8. The lowest BCUT2D eigenvalue weighted by atomic mass is 9.97. The summed E-state index contributed by atoms with van der Waals surface area (Å²) in [5, 5.41) is 14.9. The van der Waals surface area contributed by atoms with E-state index in [2.05, 4.69) is 5.32 Å². The fraction of sp³-hybridized carbons (Fsp3) is 0.409. The Bertz CT molecular complexity index is 1170. The van der Waals surface area contributed by atoms with Gasteiger partial charge in [-0.15, -0.1) is 0 Å². The van der Waals surface area contributed by atoms with Gasteiger partial charge in [0.05, 0.1) is 0 Å². The van der Waals surface area contributed by atoms with Gasteiger partial charge in [0.1, 0.15) is 23.4 Å². The summed E-state index contributed by atoms with van der Waals surface area (Å²) in [7, 11) is 0. The van der Waals surface area contributed by atoms with Crippen LogP contribution in [-0.2, 0) is 6.54 Å². The molecule has 4 rings (SSSR count). The molecule has 2 aromatic rings. The number of aromatic nitrogens is 1. The topological polar surface area (TPSA) is 94.9 Å². The molecular weight excluding hydrogens is 422 g/mol. The molecule has 2 aliphatic rings. The number of nitrogens with one attached hydrogen (secondary N) is 1. The summed E-state index contributed by atoms with van der Waals surface area (Å²) < 4.78 is 28.3. The molecule has 3 heterocycles. The lowest BCUT2D eigenvalue weighted by Crippen LogP contribution is -2.60. The van der Waals surface area contributed by atoms with Gasteiger partial charge in [-0.2, -0.15) is 0 Å². The van der Waals surface area contributed by atoms with E-state index in [0.717, 1.165) is 6.07 Å². The predicted molar refractivity (Wildman–Crippen MR) is 112 cm³/mol. The van der Waals surface area contributed by atoms with Gasteiger partial charge in [0, 0.05) is 43.4 Å². The van der Waals surface area contributed by atoms with Crippen molar-refractivity contribution in [2.24, 2.45) is 11.8 Å². The maximum Gasteiger partial charge on any atom is 0.278 e. The molecule has 3 atom stereocenters. The van der Waals surface area contributed by atoms with Gasteiger partial charge < -0.3 is 15.3 Å². The second-order valence-corrected chi connectivity index (χ2v) is 8.30. The van der Waals surface area contributed by atoms with Crippen LogP contribution in [0.15, 0.2) is 29.2 Å². The highest BCUT2D eigenvalue weighted by Gasteiger charge is 2.47.